The van der Waals surface area contributed by atoms with Gasteiger partial charge in [-0.25, -0.2) is 0 Å². The van der Waals surface area contributed by atoms with Gasteiger partial charge in [-0.2, -0.15) is 0 Å². The molecular weight excluding hydrogens is 260 g/mol. The lowest BCUT2D eigenvalue weighted by Crippen LogP contribution is -2.35. The molecule has 1 aromatic carbocycles. The summed E-state index contributed by atoms with van der Waals surface area (Å²) in [7, 11) is 0. The largest absolute Gasteiger partial charge is 0.337 e. The van der Waals surface area contributed by atoms with Crippen molar-refractivity contribution in [3.8, 4) is 0 Å². The number of hydrogen-bond donors (Lipinski definition) is 0. The van der Waals surface area contributed by atoms with Gasteiger partial charge in [0.25, 0.3) is 5.91 Å². The number of hydrogen-bond acceptors (Lipinski definition) is 2. The average molecular weight is 279 g/mol. The fourth-order valence-corrected chi connectivity index (χ4v) is 2.44. The Bertz CT molecular complexity index is 444. The van der Waals surface area contributed by atoms with Gasteiger partial charge in [-0.3, -0.25) is 9.69 Å². The Balaban J connectivity index is 1.99. The summed E-state index contributed by atoms with van der Waals surface area (Å²) in [6.07, 6.45) is 2.92. The standard InChI is InChI=1S/C15H19ClN2O/c1-2-8-17-9-3-10-18(12-11-17)15(19)13-4-6-14(16)7-5-13/h2,4-7H,1,3,8-12H2. The molecule has 0 saturated carbocycles. The highest BCUT2D eigenvalue weighted by Gasteiger charge is 2.19. The van der Waals surface area contributed by atoms with E-state index in [1.165, 1.54) is 0 Å². The second-order valence-corrected chi connectivity index (χ2v) is 5.18. The molecule has 0 aromatic heterocycles. The maximum Gasteiger partial charge on any atom is 0.253 e. The molecule has 1 heterocycles. The van der Waals surface area contributed by atoms with Crippen molar-refractivity contribution in [2.45, 2.75) is 6.42 Å². The molecule has 1 aliphatic heterocycles. The molecule has 0 bridgehead atoms. The summed E-state index contributed by atoms with van der Waals surface area (Å²) in [5, 5.41) is 0.657. The van der Waals surface area contributed by atoms with Crippen LogP contribution in [0.2, 0.25) is 5.02 Å². The molecule has 0 N–H and O–H groups in total. The fraction of sp³-hybridized carbons (Fsp3) is 0.400. The molecule has 1 amide bonds. The van der Waals surface area contributed by atoms with Gasteiger partial charge in [0, 0.05) is 43.3 Å². The number of halogens is 1. The minimum Gasteiger partial charge on any atom is -0.337 e. The summed E-state index contributed by atoms with van der Waals surface area (Å²) in [5.41, 5.74) is 0.710. The van der Waals surface area contributed by atoms with Crippen molar-refractivity contribution in [2.24, 2.45) is 0 Å². The second kappa shape index (κ2) is 6.73. The van der Waals surface area contributed by atoms with Crippen LogP contribution in [-0.4, -0.2) is 48.4 Å². The van der Waals surface area contributed by atoms with Gasteiger partial charge in [-0.05, 0) is 30.7 Å². The number of amides is 1. The predicted octanol–water partition coefficient (Wildman–Crippen LogP) is 2.67. The van der Waals surface area contributed by atoms with Gasteiger partial charge in [0.05, 0.1) is 0 Å². The first-order valence-corrected chi connectivity index (χ1v) is 6.96. The highest BCUT2D eigenvalue weighted by atomic mass is 35.5. The SMILES string of the molecule is C=CCN1CCCN(C(=O)c2ccc(Cl)cc2)CC1. The minimum absolute atomic E-state index is 0.0946. The van der Waals surface area contributed by atoms with Crippen LogP contribution in [0.1, 0.15) is 16.8 Å². The number of carbonyl (C=O) groups is 1. The van der Waals surface area contributed by atoms with Gasteiger partial charge in [0.15, 0.2) is 0 Å². The molecule has 2 rings (SSSR count). The van der Waals surface area contributed by atoms with Crippen LogP contribution in [0, 0.1) is 0 Å². The van der Waals surface area contributed by atoms with E-state index < -0.39 is 0 Å². The van der Waals surface area contributed by atoms with Gasteiger partial charge in [0.1, 0.15) is 0 Å². The Hall–Kier alpha value is -1.32. The zero-order valence-corrected chi connectivity index (χ0v) is 11.8. The van der Waals surface area contributed by atoms with Crippen molar-refractivity contribution < 1.29 is 4.79 Å². The Morgan fingerprint density at radius 1 is 1.21 bits per heavy atom. The van der Waals surface area contributed by atoms with E-state index in [4.69, 9.17) is 11.6 Å². The van der Waals surface area contributed by atoms with E-state index in [1.54, 1.807) is 24.3 Å². The maximum absolute atomic E-state index is 12.4. The molecule has 0 atom stereocenters. The lowest BCUT2D eigenvalue weighted by atomic mass is 10.2. The van der Waals surface area contributed by atoms with Crippen LogP contribution in [0.15, 0.2) is 36.9 Å². The highest BCUT2D eigenvalue weighted by molar-refractivity contribution is 6.30. The third-order valence-corrected chi connectivity index (χ3v) is 3.61. The van der Waals surface area contributed by atoms with Crippen molar-refractivity contribution in [1.29, 1.82) is 0 Å². The summed E-state index contributed by atoms with van der Waals surface area (Å²) in [6, 6.07) is 7.10. The molecule has 4 heteroatoms. The van der Waals surface area contributed by atoms with Crippen LogP contribution in [0.25, 0.3) is 0 Å². The molecule has 1 aromatic rings. The number of carbonyl (C=O) groups excluding carboxylic acids is 1. The molecule has 0 radical (unpaired) electrons. The fourth-order valence-electron chi connectivity index (χ4n) is 2.31. The van der Waals surface area contributed by atoms with E-state index in [0.717, 1.165) is 39.1 Å². The molecule has 0 unspecified atom stereocenters. The quantitative estimate of drug-likeness (QED) is 0.794. The Morgan fingerprint density at radius 3 is 2.63 bits per heavy atom. The number of rotatable bonds is 3. The summed E-state index contributed by atoms with van der Waals surface area (Å²) in [5.74, 6) is 0.0946. The predicted molar refractivity (Wildman–Crippen MR) is 78.6 cm³/mol. The average Bonchev–Trinajstić information content (AvgIpc) is 2.65. The van der Waals surface area contributed by atoms with Gasteiger partial charge in [-0.15, -0.1) is 6.58 Å². The van der Waals surface area contributed by atoms with Crippen molar-refractivity contribution in [2.75, 3.05) is 32.7 Å². The first kappa shape index (κ1) is 14.1. The van der Waals surface area contributed by atoms with E-state index in [0.29, 0.717) is 10.6 Å². The maximum atomic E-state index is 12.4. The molecule has 19 heavy (non-hydrogen) atoms. The van der Waals surface area contributed by atoms with Crippen molar-refractivity contribution in [3.05, 3.63) is 47.5 Å². The molecule has 1 saturated heterocycles. The summed E-state index contributed by atoms with van der Waals surface area (Å²) >= 11 is 5.84. The van der Waals surface area contributed by atoms with E-state index in [1.807, 2.05) is 11.0 Å². The first-order valence-electron chi connectivity index (χ1n) is 6.59. The third kappa shape index (κ3) is 3.82. The van der Waals surface area contributed by atoms with Crippen LogP contribution in [0.4, 0.5) is 0 Å². The van der Waals surface area contributed by atoms with Crippen LogP contribution >= 0.6 is 11.6 Å². The van der Waals surface area contributed by atoms with Crippen molar-refractivity contribution in [3.63, 3.8) is 0 Å². The van der Waals surface area contributed by atoms with Crippen LogP contribution in [0.5, 0.6) is 0 Å². The molecule has 1 aliphatic rings. The third-order valence-electron chi connectivity index (χ3n) is 3.35. The lowest BCUT2D eigenvalue weighted by molar-refractivity contribution is 0.0762. The van der Waals surface area contributed by atoms with Gasteiger partial charge in [-0.1, -0.05) is 17.7 Å². The molecule has 0 aliphatic carbocycles. The Labute approximate surface area is 119 Å². The lowest BCUT2D eigenvalue weighted by Gasteiger charge is -2.21. The van der Waals surface area contributed by atoms with Gasteiger partial charge in [0.2, 0.25) is 0 Å². The highest BCUT2D eigenvalue weighted by Crippen LogP contribution is 2.13. The molecular formula is C15H19ClN2O. The Morgan fingerprint density at radius 2 is 1.95 bits per heavy atom. The minimum atomic E-state index is 0.0946. The van der Waals surface area contributed by atoms with Crippen molar-refractivity contribution in [1.82, 2.24) is 9.80 Å². The number of nitrogens with zero attached hydrogens (tertiary/aromatic N) is 2. The summed E-state index contributed by atoms with van der Waals surface area (Å²) < 4.78 is 0. The topological polar surface area (TPSA) is 23.6 Å². The molecule has 102 valence electrons. The normalized spacial score (nSPS) is 17.0. The van der Waals surface area contributed by atoms with E-state index in [9.17, 15) is 4.79 Å². The zero-order chi connectivity index (χ0) is 13.7. The summed E-state index contributed by atoms with van der Waals surface area (Å²) in [4.78, 5) is 16.6. The number of benzene rings is 1. The van der Waals surface area contributed by atoms with E-state index in [-0.39, 0.29) is 5.91 Å². The van der Waals surface area contributed by atoms with Gasteiger partial charge >= 0.3 is 0 Å². The van der Waals surface area contributed by atoms with E-state index in [2.05, 4.69) is 11.5 Å². The van der Waals surface area contributed by atoms with Crippen molar-refractivity contribution >= 4 is 17.5 Å². The molecule has 1 fully saturated rings. The van der Waals surface area contributed by atoms with Crippen LogP contribution < -0.4 is 0 Å². The molecule has 0 spiro atoms. The van der Waals surface area contributed by atoms with Crippen LogP contribution in [0.3, 0.4) is 0 Å². The summed E-state index contributed by atoms with van der Waals surface area (Å²) in [6.45, 7) is 8.17. The zero-order valence-electron chi connectivity index (χ0n) is 11.0. The Kier molecular flexibility index (Phi) is 5.00. The second-order valence-electron chi connectivity index (χ2n) is 4.74. The van der Waals surface area contributed by atoms with E-state index >= 15 is 0 Å². The van der Waals surface area contributed by atoms with Gasteiger partial charge < -0.3 is 4.90 Å². The first-order chi connectivity index (χ1) is 9.20. The van der Waals surface area contributed by atoms with Crippen LogP contribution in [-0.2, 0) is 0 Å². The smallest absolute Gasteiger partial charge is 0.253 e. The molecule has 3 nitrogen and oxygen atoms in total. The monoisotopic (exact) mass is 278 g/mol.